The van der Waals surface area contributed by atoms with Crippen LogP contribution in [0, 0.1) is 10.1 Å². The van der Waals surface area contributed by atoms with Crippen molar-refractivity contribution in [3.63, 3.8) is 0 Å². The predicted molar refractivity (Wildman–Crippen MR) is 130 cm³/mol. The summed E-state index contributed by atoms with van der Waals surface area (Å²) in [5.41, 5.74) is 4.41. The van der Waals surface area contributed by atoms with Crippen LogP contribution in [0.4, 0.5) is 5.69 Å². The number of halogens is 2. The lowest BCUT2D eigenvalue weighted by atomic mass is 9.87. The zero-order valence-corrected chi connectivity index (χ0v) is 19.5. The van der Waals surface area contributed by atoms with E-state index in [4.69, 9.17) is 16.3 Å². The number of para-hydroxylation sites is 1. The number of aromatic nitrogens is 2. The summed E-state index contributed by atoms with van der Waals surface area (Å²) in [6.07, 6.45) is 0. The van der Waals surface area contributed by atoms with Crippen molar-refractivity contribution in [1.29, 1.82) is 0 Å². The molecule has 0 radical (unpaired) electrons. The van der Waals surface area contributed by atoms with Crippen molar-refractivity contribution >= 4 is 40.7 Å². The van der Waals surface area contributed by atoms with Gasteiger partial charge in [0.05, 0.1) is 26.5 Å². The van der Waals surface area contributed by atoms with Crippen LogP contribution < -0.4 is 4.74 Å². The Morgan fingerprint density at radius 2 is 1.84 bits per heavy atom. The van der Waals surface area contributed by atoms with Crippen LogP contribution in [0.2, 0.25) is 5.02 Å². The average molecular weight is 472 g/mol. The first kappa shape index (κ1) is 23.6. The first-order valence-corrected chi connectivity index (χ1v) is 10.3. The van der Waals surface area contributed by atoms with Gasteiger partial charge < -0.3 is 9.72 Å². The van der Waals surface area contributed by atoms with Crippen LogP contribution in [-0.4, -0.2) is 14.9 Å². The molecule has 32 heavy (non-hydrogen) atoms. The van der Waals surface area contributed by atoms with E-state index in [0.717, 1.165) is 16.6 Å². The number of nitro benzene ring substituents is 1. The highest BCUT2D eigenvalue weighted by Crippen LogP contribution is 2.32. The first-order chi connectivity index (χ1) is 14.7. The number of hydrogen-bond acceptors (Lipinski definition) is 4. The van der Waals surface area contributed by atoms with Crippen molar-refractivity contribution in [2.24, 2.45) is 0 Å². The molecule has 0 fully saturated rings. The molecule has 0 unspecified atom stereocenters. The zero-order valence-electron chi connectivity index (χ0n) is 17.9. The van der Waals surface area contributed by atoms with Crippen molar-refractivity contribution in [3.05, 3.63) is 86.9 Å². The van der Waals surface area contributed by atoms with Gasteiger partial charge in [0, 0.05) is 11.6 Å². The highest BCUT2D eigenvalue weighted by atomic mass is 35.5. The van der Waals surface area contributed by atoms with Gasteiger partial charge in [0.1, 0.15) is 18.2 Å². The van der Waals surface area contributed by atoms with Gasteiger partial charge in [0.25, 0.3) is 5.69 Å². The lowest BCUT2D eigenvalue weighted by Gasteiger charge is -2.18. The zero-order chi connectivity index (χ0) is 22.2. The second-order valence-corrected chi connectivity index (χ2v) is 8.79. The Kier molecular flexibility index (Phi) is 6.77. The van der Waals surface area contributed by atoms with E-state index in [-0.39, 0.29) is 30.1 Å². The summed E-state index contributed by atoms with van der Waals surface area (Å²) in [6.45, 7) is 6.55. The molecule has 0 atom stereocenters. The monoisotopic (exact) mass is 471 g/mol. The van der Waals surface area contributed by atoms with Crippen molar-refractivity contribution in [2.45, 2.75) is 32.8 Å². The van der Waals surface area contributed by atoms with Gasteiger partial charge in [-0.3, -0.25) is 10.1 Å². The molecule has 0 saturated carbocycles. The topological polar surface area (TPSA) is 81.1 Å². The first-order valence-electron chi connectivity index (χ1n) is 9.87. The van der Waals surface area contributed by atoms with E-state index in [1.165, 1.54) is 11.6 Å². The molecule has 6 nitrogen and oxygen atoms in total. The normalized spacial score (nSPS) is 11.2. The fourth-order valence-electron chi connectivity index (χ4n) is 3.34. The minimum Gasteiger partial charge on any atom is -0.487 e. The molecular formula is C24H23Cl2N3O3. The van der Waals surface area contributed by atoms with Crippen LogP contribution in [0.25, 0.3) is 22.4 Å². The smallest absolute Gasteiger partial charge is 0.276 e. The molecule has 8 heteroatoms. The van der Waals surface area contributed by atoms with E-state index in [2.05, 4.69) is 42.9 Å². The Morgan fingerprint density at radius 1 is 1.09 bits per heavy atom. The number of ether oxygens (including phenoxy) is 1. The fraction of sp³-hybridized carbons (Fsp3) is 0.208. The van der Waals surface area contributed by atoms with Gasteiger partial charge >= 0.3 is 0 Å². The highest BCUT2D eigenvalue weighted by molar-refractivity contribution is 6.32. The summed E-state index contributed by atoms with van der Waals surface area (Å²) < 4.78 is 5.84. The summed E-state index contributed by atoms with van der Waals surface area (Å²) in [7, 11) is 0. The van der Waals surface area contributed by atoms with Gasteiger partial charge in [0.15, 0.2) is 0 Å². The number of nitrogens with one attached hydrogen (secondary N) is 1. The molecule has 4 aromatic rings. The Bertz CT molecular complexity index is 1280. The lowest BCUT2D eigenvalue weighted by molar-refractivity contribution is -0.385. The third-order valence-corrected chi connectivity index (χ3v) is 5.44. The maximum atomic E-state index is 11.2. The predicted octanol–water partition coefficient (Wildman–Crippen LogP) is 7.09. The van der Waals surface area contributed by atoms with E-state index in [9.17, 15) is 10.1 Å². The molecule has 0 amide bonds. The molecule has 0 aliphatic carbocycles. The molecule has 4 rings (SSSR count). The molecule has 0 aliphatic rings. The molecule has 0 saturated heterocycles. The molecule has 0 aliphatic heterocycles. The number of benzene rings is 3. The summed E-state index contributed by atoms with van der Waals surface area (Å²) in [4.78, 5) is 18.9. The summed E-state index contributed by atoms with van der Waals surface area (Å²) >= 11 is 6.31. The number of nitro groups is 1. The lowest BCUT2D eigenvalue weighted by Crippen LogP contribution is -2.10. The molecule has 1 N–H and O–H groups in total. The molecule has 3 aromatic carbocycles. The number of H-pyrrole nitrogens is 1. The summed E-state index contributed by atoms with van der Waals surface area (Å²) in [6, 6.07) is 18.1. The number of hydrogen-bond donors (Lipinski definition) is 1. The van der Waals surface area contributed by atoms with Crippen LogP contribution in [0.5, 0.6) is 5.75 Å². The van der Waals surface area contributed by atoms with Crippen molar-refractivity contribution in [1.82, 2.24) is 9.97 Å². The van der Waals surface area contributed by atoms with E-state index >= 15 is 0 Å². The average Bonchev–Trinajstić information content (AvgIpc) is 3.16. The van der Waals surface area contributed by atoms with E-state index in [1.54, 1.807) is 30.3 Å². The summed E-state index contributed by atoms with van der Waals surface area (Å²) in [5.74, 6) is 1.14. The van der Waals surface area contributed by atoms with Crippen LogP contribution in [0.3, 0.4) is 0 Å². The van der Waals surface area contributed by atoms with Crippen molar-refractivity contribution in [3.8, 4) is 17.1 Å². The number of aromatic amines is 1. The van der Waals surface area contributed by atoms with E-state index in [0.29, 0.717) is 22.2 Å². The van der Waals surface area contributed by atoms with Gasteiger partial charge in [-0.05, 0) is 47.4 Å². The molecular weight excluding hydrogens is 449 g/mol. The fourth-order valence-corrected chi connectivity index (χ4v) is 3.51. The summed E-state index contributed by atoms with van der Waals surface area (Å²) in [5, 5.41) is 11.6. The number of fused-ring (bicyclic) bond motifs is 1. The molecule has 0 spiro atoms. The Hall–Kier alpha value is -3.09. The number of nitrogens with zero attached hydrogens (tertiary/aromatic N) is 2. The van der Waals surface area contributed by atoms with Gasteiger partial charge in [-0.2, -0.15) is 0 Å². The third-order valence-electron chi connectivity index (χ3n) is 5.12. The standard InChI is InChI=1S/C24H22ClN3O3.ClH/c1-24(2,3)17-9-11-19-20(13-17)27-23(26-19)15-8-10-18(25)22(12-15)31-14-16-6-4-5-7-21(16)28(29)30;/h4-13H,14H2,1-3H3,(H,26,27);1H. The maximum Gasteiger partial charge on any atom is 0.276 e. The largest absolute Gasteiger partial charge is 0.487 e. The van der Waals surface area contributed by atoms with E-state index in [1.807, 2.05) is 12.1 Å². The molecule has 1 aromatic heterocycles. The van der Waals surface area contributed by atoms with E-state index < -0.39 is 4.92 Å². The minimum absolute atomic E-state index is 0. The van der Waals surface area contributed by atoms with Crippen LogP contribution in [0.1, 0.15) is 31.9 Å². The number of imidazole rings is 1. The maximum absolute atomic E-state index is 11.2. The Morgan fingerprint density at radius 3 is 2.56 bits per heavy atom. The second kappa shape index (κ2) is 9.18. The van der Waals surface area contributed by atoms with Gasteiger partial charge in [-0.15, -0.1) is 12.4 Å². The highest BCUT2D eigenvalue weighted by Gasteiger charge is 2.17. The third kappa shape index (κ3) is 4.87. The number of rotatable bonds is 5. The quantitative estimate of drug-likeness (QED) is 0.248. The molecule has 0 bridgehead atoms. The Labute approximate surface area is 197 Å². The van der Waals surface area contributed by atoms with Gasteiger partial charge in [-0.1, -0.05) is 50.6 Å². The molecule has 1 heterocycles. The van der Waals surface area contributed by atoms with Gasteiger partial charge in [-0.25, -0.2) is 4.98 Å². The van der Waals surface area contributed by atoms with Crippen LogP contribution >= 0.6 is 24.0 Å². The second-order valence-electron chi connectivity index (χ2n) is 8.39. The van der Waals surface area contributed by atoms with Gasteiger partial charge in [0.2, 0.25) is 0 Å². The van der Waals surface area contributed by atoms with Crippen molar-refractivity contribution in [2.75, 3.05) is 0 Å². The molecule has 166 valence electrons. The van der Waals surface area contributed by atoms with Crippen LogP contribution in [-0.2, 0) is 12.0 Å². The Balaban J connectivity index is 0.00000289. The minimum atomic E-state index is -0.420. The van der Waals surface area contributed by atoms with Crippen molar-refractivity contribution < 1.29 is 9.66 Å². The SMILES string of the molecule is CC(C)(C)c1ccc2nc(-c3ccc(Cl)c(OCc4ccccc4[N+](=O)[O-])c3)[nH]c2c1.Cl. The van der Waals surface area contributed by atoms with Crippen LogP contribution in [0.15, 0.2) is 60.7 Å².